The molecule has 4 heteroatoms. The van der Waals surface area contributed by atoms with E-state index in [9.17, 15) is 0 Å². The van der Waals surface area contributed by atoms with Gasteiger partial charge < -0.3 is 13.7 Å². The van der Waals surface area contributed by atoms with E-state index < -0.39 is 0 Å². The molecule has 0 unspecified atom stereocenters. The Balaban J connectivity index is 1.07. The van der Waals surface area contributed by atoms with Crippen molar-refractivity contribution in [2.45, 2.75) is 19.3 Å². The van der Waals surface area contributed by atoms with Crippen molar-refractivity contribution in [2.75, 3.05) is 4.90 Å². The fraction of sp³-hybridized carbons (Fsp3) is 0.0652. The Morgan fingerprint density at radius 3 is 1.98 bits per heavy atom. The first-order chi connectivity index (χ1) is 24.5. The van der Waals surface area contributed by atoms with Gasteiger partial charge in [-0.2, -0.15) is 0 Å². The van der Waals surface area contributed by atoms with Crippen molar-refractivity contribution in [3.05, 3.63) is 169 Å². The second-order valence-electron chi connectivity index (χ2n) is 13.6. The van der Waals surface area contributed by atoms with E-state index in [0.29, 0.717) is 11.5 Å². The number of hydrogen-bond acceptors (Lipinski definition) is 4. The highest BCUT2D eigenvalue weighted by atomic mass is 16.4. The zero-order valence-corrected chi connectivity index (χ0v) is 27.7. The molecule has 1 aliphatic rings. The van der Waals surface area contributed by atoms with E-state index in [2.05, 4.69) is 134 Å². The molecular formula is C46H32N2O2. The Hall–Kier alpha value is -6.39. The van der Waals surface area contributed by atoms with Crippen LogP contribution in [0.2, 0.25) is 0 Å². The summed E-state index contributed by atoms with van der Waals surface area (Å²) in [6.07, 6.45) is 0. The largest absolute Gasteiger partial charge is 0.456 e. The van der Waals surface area contributed by atoms with Crippen LogP contribution in [0.5, 0.6) is 0 Å². The molecule has 4 nitrogen and oxygen atoms in total. The van der Waals surface area contributed by atoms with Gasteiger partial charge >= 0.3 is 0 Å². The lowest BCUT2D eigenvalue weighted by Crippen LogP contribution is -2.16. The summed E-state index contributed by atoms with van der Waals surface area (Å²) < 4.78 is 12.6. The number of aromatic nitrogens is 1. The number of anilines is 3. The van der Waals surface area contributed by atoms with E-state index in [1.165, 1.54) is 22.3 Å². The van der Waals surface area contributed by atoms with Crippen LogP contribution in [-0.4, -0.2) is 4.98 Å². The summed E-state index contributed by atoms with van der Waals surface area (Å²) in [6, 6.07) is 55.5. The highest BCUT2D eigenvalue weighted by Gasteiger charge is 2.35. The first-order valence-electron chi connectivity index (χ1n) is 17.0. The molecular weight excluding hydrogens is 613 g/mol. The summed E-state index contributed by atoms with van der Waals surface area (Å²) in [5.74, 6) is 0.604. The fourth-order valence-electron chi connectivity index (χ4n) is 7.84. The Morgan fingerprint density at radius 2 is 1.16 bits per heavy atom. The zero-order valence-electron chi connectivity index (χ0n) is 27.7. The maximum atomic E-state index is 6.40. The molecule has 7 aromatic carbocycles. The molecule has 0 fully saturated rings. The second kappa shape index (κ2) is 10.8. The number of oxazole rings is 1. The maximum Gasteiger partial charge on any atom is 0.227 e. The van der Waals surface area contributed by atoms with Gasteiger partial charge in [0.05, 0.1) is 0 Å². The Labute approximate surface area is 289 Å². The number of furan rings is 1. The Kier molecular flexibility index (Phi) is 6.19. The Morgan fingerprint density at radius 1 is 0.480 bits per heavy atom. The van der Waals surface area contributed by atoms with Crippen molar-refractivity contribution in [1.29, 1.82) is 0 Å². The van der Waals surface area contributed by atoms with Gasteiger partial charge in [-0.1, -0.05) is 105 Å². The van der Waals surface area contributed by atoms with Crippen LogP contribution in [0.1, 0.15) is 25.0 Å². The van der Waals surface area contributed by atoms with Crippen LogP contribution in [0.25, 0.3) is 66.7 Å². The summed E-state index contributed by atoms with van der Waals surface area (Å²) in [4.78, 5) is 7.19. The third kappa shape index (κ3) is 4.35. The molecule has 10 rings (SSSR count). The highest BCUT2D eigenvalue weighted by molar-refractivity contribution is 6.15. The molecule has 1 aliphatic carbocycles. The first kappa shape index (κ1) is 28.6. The van der Waals surface area contributed by atoms with E-state index >= 15 is 0 Å². The molecule has 2 aromatic heterocycles. The van der Waals surface area contributed by atoms with E-state index in [4.69, 9.17) is 13.8 Å². The van der Waals surface area contributed by atoms with Crippen molar-refractivity contribution in [3.63, 3.8) is 0 Å². The molecule has 0 saturated carbocycles. The quantitative estimate of drug-likeness (QED) is 0.187. The van der Waals surface area contributed by atoms with Crippen molar-refractivity contribution in [2.24, 2.45) is 0 Å². The van der Waals surface area contributed by atoms with E-state index in [1.807, 2.05) is 42.5 Å². The molecule has 0 N–H and O–H groups in total. The van der Waals surface area contributed by atoms with Crippen molar-refractivity contribution in [3.8, 4) is 33.7 Å². The van der Waals surface area contributed by atoms with Gasteiger partial charge in [-0.15, -0.1) is 0 Å². The Bertz CT molecular complexity index is 2720. The zero-order chi connectivity index (χ0) is 33.4. The number of hydrogen-bond donors (Lipinski definition) is 0. The number of benzene rings is 7. The topological polar surface area (TPSA) is 42.4 Å². The van der Waals surface area contributed by atoms with Gasteiger partial charge in [-0.05, 0) is 94.0 Å². The third-order valence-electron chi connectivity index (χ3n) is 10.3. The average molecular weight is 645 g/mol. The van der Waals surface area contributed by atoms with Gasteiger partial charge in [-0.3, -0.25) is 0 Å². The van der Waals surface area contributed by atoms with Gasteiger partial charge in [0, 0.05) is 44.9 Å². The lowest BCUT2D eigenvalue weighted by atomic mass is 9.82. The van der Waals surface area contributed by atoms with Crippen molar-refractivity contribution < 1.29 is 8.83 Å². The first-order valence-corrected chi connectivity index (χ1v) is 17.0. The summed E-state index contributed by atoms with van der Waals surface area (Å²) in [6.45, 7) is 4.66. The molecule has 0 atom stereocenters. The van der Waals surface area contributed by atoms with Crippen LogP contribution < -0.4 is 4.90 Å². The molecule has 0 radical (unpaired) electrons. The highest BCUT2D eigenvalue weighted by Crippen LogP contribution is 2.50. The van der Waals surface area contributed by atoms with Crippen LogP contribution in [0, 0.1) is 0 Å². The van der Waals surface area contributed by atoms with Gasteiger partial charge in [0.2, 0.25) is 5.89 Å². The molecule has 50 heavy (non-hydrogen) atoms. The van der Waals surface area contributed by atoms with E-state index in [1.54, 1.807) is 0 Å². The SMILES string of the molecule is CC1(C)c2ccccc2-c2ccc(N(c3ccccc3)c3ccc(-c4cccc5oc6cc7oc(-c8ccccc8)nc7cc6c45)cc3)cc21. The average Bonchev–Trinajstić information content (AvgIpc) is 3.81. The molecule has 0 amide bonds. The lowest BCUT2D eigenvalue weighted by molar-refractivity contribution is 0.617. The summed E-state index contributed by atoms with van der Waals surface area (Å²) in [5.41, 5.74) is 15.0. The van der Waals surface area contributed by atoms with E-state index in [-0.39, 0.29) is 5.41 Å². The predicted octanol–water partition coefficient (Wildman–Crippen LogP) is 12.8. The smallest absolute Gasteiger partial charge is 0.227 e. The molecule has 0 spiro atoms. The van der Waals surface area contributed by atoms with Crippen LogP contribution >= 0.6 is 0 Å². The minimum absolute atomic E-state index is 0.0825. The predicted molar refractivity (Wildman–Crippen MR) is 204 cm³/mol. The lowest BCUT2D eigenvalue weighted by Gasteiger charge is -2.28. The fourth-order valence-corrected chi connectivity index (χ4v) is 7.84. The van der Waals surface area contributed by atoms with Crippen molar-refractivity contribution in [1.82, 2.24) is 4.98 Å². The summed E-state index contributed by atoms with van der Waals surface area (Å²) in [7, 11) is 0. The normalized spacial score (nSPS) is 13.2. The summed E-state index contributed by atoms with van der Waals surface area (Å²) in [5, 5.41) is 2.09. The summed E-state index contributed by atoms with van der Waals surface area (Å²) >= 11 is 0. The minimum atomic E-state index is -0.0825. The number of para-hydroxylation sites is 1. The van der Waals surface area contributed by atoms with E-state index in [0.717, 1.165) is 61.2 Å². The van der Waals surface area contributed by atoms with Crippen LogP contribution in [0.15, 0.2) is 167 Å². The van der Waals surface area contributed by atoms with Gasteiger partial charge in [0.15, 0.2) is 5.58 Å². The second-order valence-corrected chi connectivity index (χ2v) is 13.6. The molecule has 0 aliphatic heterocycles. The molecule has 0 saturated heterocycles. The van der Waals surface area contributed by atoms with Crippen molar-refractivity contribution >= 4 is 50.1 Å². The van der Waals surface area contributed by atoms with Gasteiger partial charge in [0.25, 0.3) is 0 Å². The number of rotatable bonds is 5. The molecule has 0 bridgehead atoms. The molecule has 238 valence electrons. The van der Waals surface area contributed by atoms with Gasteiger partial charge in [0.1, 0.15) is 16.7 Å². The number of fused-ring (bicyclic) bond motifs is 7. The molecule has 9 aromatic rings. The third-order valence-corrected chi connectivity index (χ3v) is 10.3. The molecule has 2 heterocycles. The number of nitrogens with zero attached hydrogens (tertiary/aromatic N) is 2. The van der Waals surface area contributed by atoms with Crippen LogP contribution in [0.4, 0.5) is 17.1 Å². The standard InChI is InChI=1S/C46H32N2O2/c1-46(2)38-18-10-9-16-35(38)36-25-24-33(26-39(36)46)48(31-14-7-4-8-15-31)32-22-20-29(21-23-32)34-17-11-19-41-44(34)37-27-40-43(28-42(37)49-41)50-45(47-40)30-12-5-3-6-13-30/h3-28H,1-2H3. The van der Waals surface area contributed by atoms with Crippen LogP contribution in [-0.2, 0) is 5.41 Å². The van der Waals surface area contributed by atoms with Crippen LogP contribution in [0.3, 0.4) is 0 Å². The van der Waals surface area contributed by atoms with Gasteiger partial charge in [-0.25, -0.2) is 4.98 Å². The monoisotopic (exact) mass is 644 g/mol. The maximum absolute atomic E-state index is 6.40. The minimum Gasteiger partial charge on any atom is -0.456 e.